The monoisotopic (exact) mass is 561 g/mol. The van der Waals surface area contributed by atoms with Crippen molar-refractivity contribution in [1.82, 2.24) is 4.90 Å². The van der Waals surface area contributed by atoms with Crippen molar-refractivity contribution in [3.05, 3.63) is 101 Å². The molecule has 0 saturated carbocycles. The second-order valence-corrected chi connectivity index (χ2v) is 15.1. The molecule has 2 atom stereocenters. The van der Waals surface area contributed by atoms with Crippen LogP contribution >= 0.6 is 0 Å². The minimum atomic E-state index is -2.84. The van der Waals surface area contributed by atoms with Crippen molar-refractivity contribution >= 4 is 36.9 Å². The van der Waals surface area contributed by atoms with Gasteiger partial charge in [0.1, 0.15) is 13.2 Å². The van der Waals surface area contributed by atoms with E-state index in [0.717, 1.165) is 16.8 Å². The van der Waals surface area contributed by atoms with Gasteiger partial charge in [0.05, 0.1) is 17.1 Å². The van der Waals surface area contributed by atoms with Gasteiger partial charge in [0, 0.05) is 18.7 Å². The summed E-state index contributed by atoms with van der Waals surface area (Å²) in [7, 11) is -2.84. The van der Waals surface area contributed by atoms with Crippen LogP contribution in [0.3, 0.4) is 0 Å². The largest absolute Gasteiger partial charge is 0.482 e. The van der Waals surface area contributed by atoms with Crippen LogP contribution in [0.15, 0.2) is 84.9 Å². The zero-order chi connectivity index (χ0) is 28.8. The van der Waals surface area contributed by atoms with Gasteiger partial charge in [0.15, 0.2) is 6.40 Å². The Hall–Kier alpha value is -4.02. The quantitative estimate of drug-likeness (QED) is 0.124. The third kappa shape index (κ3) is 6.24. The molecule has 1 aliphatic heterocycles. The minimum Gasteiger partial charge on any atom is -0.482 e. The molecule has 1 heterocycles. The van der Waals surface area contributed by atoms with Gasteiger partial charge in [-0.05, 0) is 39.5 Å². The number of non-ortho nitro benzene ring substituents is 1. The molecular weight excluding hydrogens is 526 g/mol. The van der Waals surface area contributed by atoms with Gasteiger partial charge in [0.2, 0.25) is 0 Å². The number of hydrogen-bond donors (Lipinski definition) is 1. The van der Waals surface area contributed by atoms with Gasteiger partial charge >= 0.3 is 6.09 Å². The van der Waals surface area contributed by atoms with Gasteiger partial charge in [0.25, 0.3) is 14.0 Å². The number of rotatable bonds is 10. The number of nitrogens with zero attached hydrogens (tertiary/aromatic N) is 2. The van der Waals surface area contributed by atoms with Crippen molar-refractivity contribution in [1.29, 1.82) is 5.41 Å². The lowest BCUT2D eigenvalue weighted by atomic mass is 10.2. The molecule has 1 N–H and O–H groups in total. The number of likely N-dealkylation sites (tertiary alicyclic amines) is 1. The average Bonchev–Trinajstić information content (AvgIpc) is 3.36. The Balaban J connectivity index is 1.59. The molecular formula is C30H35N3O6Si. The molecule has 0 aliphatic carbocycles. The first-order valence-corrected chi connectivity index (χ1v) is 15.1. The summed E-state index contributed by atoms with van der Waals surface area (Å²) < 4.78 is 18.1. The third-order valence-electron chi connectivity index (χ3n) is 7.25. The number of amides is 1. The molecule has 210 valence electrons. The van der Waals surface area contributed by atoms with Crippen molar-refractivity contribution in [3.63, 3.8) is 0 Å². The number of carbonyl (C=O) groups excluding carboxylic acids is 1. The molecule has 0 radical (unpaired) electrons. The summed E-state index contributed by atoms with van der Waals surface area (Å²) in [6.07, 6.45) is 0.602. The Bertz CT molecular complexity index is 1260. The maximum atomic E-state index is 13.3. The van der Waals surface area contributed by atoms with Crippen LogP contribution in [0.5, 0.6) is 0 Å². The molecule has 10 heteroatoms. The molecule has 1 amide bonds. The zero-order valence-electron chi connectivity index (χ0n) is 23.0. The van der Waals surface area contributed by atoms with Crippen molar-refractivity contribution in [3.8, 4) is 0 Å². The van der Waals surface area contributed by atoms with E-state index in [1.54, 1.807) is 17.0 Å². The summed E-state index contributed by atoms with van der Waals surface area (Å²) in [4.78, 5) is 25.3. The Labute approximate surface area is 235 Å². The highest BCUT2D eigenvalue weighted by Crippen LogP contribution is 2.39. The van der Waals surface area contributed by atoms with Crippen LogP contribution in [-0.4, -0.2) is 55.9 Å². The zero-order valence-corrected chi connectivity index (χ0v) is 24.0. The molecule has 0 unspecified atom stereocenters. The summed E-state index contributed by atoms with van der Waals surface area (Å²) in [5, 5.41) is 20.3. The van der Waals surface area contributed by atoms with Crippen LogP contribution < -0.4 is 10.4 Å². The average molecular weight is 562 g/mol. The highest BCUT2D eigenvalue weighted by atomic mass is 28.4. The number of nitro benzene ring substituents is 1. The Morgan fingerprint density at radius 1 is 1.02 bits per heavy atom. The Kier molecular flexibility index (Phi) is 9.01. The standard InChI is InChI=1S/C30H35N3O6Si/c1-30(2,3)40(27-10-6-4-7-11-27,28-12-8-5-9-13-28)39-26-18-25(21-37-22-31)32(19-26)29(34)38-20-23-14-16-24(17-15-23)33(35)36/h4-17,22,25-26,31H,18-21H2,1-3H3/t25-,26+/m0/s1. The molecule has 3 aromatic carbocycles. The van der Waals surface area contributed by atoms with Crippen LogP contribution in [0.25, 0.3) is 0 Å². The van der Waals surface area contributed by atoms with Gasteiger partial charge in [-0.15, -0.1) is 0 Å². The van der Waals surface area contributed by atoms with E-state index in [4.69, 9.17) is 19.3 Å². The highest BCUT2D eigenvalue weighted by Gasteiger charge is 2.53. The number of carbonyl (C=O) groups is 1. The van der Waals surface area contributed by atoms with E-state index in [1.165, 1.54) is 12.1 Å². The van der Waals surface area contributed by atoms with E-state index in [2.05, 4.69) is 45.0 Å². The first kappa shape index (κ1) is 29.0. The molecule has 0 spiro atoms. The summed E-state index contributed by atoms with van der Waals surface area (Å²) in [5.41, 5.74) is 0.618. The van der Waals surface area contributed by atoms with Gasteiger partial charge in [-0.3, -0.25) is 20.4 Å². The van der Waals surface area contributed by atoms with Crippen molar-refractivity contribution in [2.45, 2.75) is 51.0 Å². The predicted octanol–water partition coefficient (Wildman–Crippen LogP) is 4.87. The van der Waals surface area contributed by atoms with Gasteiger partial charge in [-0.25, -0.2) is 4.79 Å². The van der Waals surface area contributed by atoms with E-state index in [9.17, 15) is 14.9 Å². The minimum absolute atomic E-state index is 0.0221. The molecule has 4 rings (SSSR count). The van der Waals surface area contributed by atoms with Crippen LogP contribution in [0.2, 0.25) is 5.04 Å². The molecule has 0 aromatic heterocycles. The SMILES string of the molecule is CC(C)(C)[Si](O[C@@H]1C[C@@H](COC=N)N(C(=O)OCc2ccc([N+](=O)[O-])cc2)C1)(c1ccccc1)c1ccccc1. The van der Waals surface area contributed by atoms with Crippen LogP contribution in [0.1, 0.15) is 32.8 Å². The molecule has 0 bridgehead atoms. The second-order valence-electron chi connectivity index (χ2n) is 10.9. The molecule has 40 heavy (non-hydrogen) atoms. The summed E-state index contributed by atoms with van der Waals surface area (Å²) in [6, 6.07) is 26.2. The lowest BCUT2D eigenvalue weighted by Crippen LogP contribution is -2.67. The maximum Gasteiger partial charge on any atom is 0.410 e. The van der Waals surface area contributed by atoms with Gasteiger partial charge in [-0.1, -0.05) is 81.4 Å². The van der Waals surface area contributed by atoms with Crippen molar-refractivity contribution < 1.29 is 23.6 Å². The van der Waals surface area contributed by atoms with E-state index < -0.39 is 19.3 Å². The number of nitrogens with one attached hydrogen (secondary N) is 1. The third-order valence-corrected chi connectivity index (χ3v) is 12.3. The lowest BCUT2D eigenvalue weighted by Gasteiger charge is -2.44. The van der Waals surface area contributed by atoms with Gasteiger partial charge in [-0.2, -0.15) is 0 Å². The van der Waals surface area contributed by atoms with E-state index in [-0.39, 0.29) is 36.1 Å². The Morgan fingerprint density at radius 3 is 2.10 bits per heavy atom. The number of ether oxygens (including phenoxy) is 2. The molecule has 1 aliphatic rings. The topological polar surface area (TPSA) is 115 Å². The van der Waals surface area contributed by atoms with Crippen LogP contribution in [0, 0.1) is 15.5 Å². The fourth-order valence-electron chi connectivity index (χ4n) is 5.38. The van der Waals surface area contributed by atoms with E-state index in [0.29, 0.717) is 18.5 Å². The number of hydrogen-bond acceptors (Lipinski definition) is 7. The first-order valence-electron chi connectivity index (χ1n) is 13.2. The summed E-state index contributed by atoms with van der Waals surface area (Å²) in [5.74, 6) is 0. The van der Waals surface area contributed by atoms with E-state index >= 15 is 0 Å². The van der Waals surface area contributed by atoms with Crippen molar-refractivity contribution in [2.24, 2.45) is 0 Å². The van der Waals surface area contributed by atoms with Gasteiger partial charge < -0.3 is 13.9 Å². The maximum absolute atomic E-state index is 13.3. The molecule has 1 fully saturated rings. The highest BCUT2D eigenvalue weighted by molar-refractivity contribution is 6.99. The summed E-state index contributed by atoms with van der Waals surface area (Å²) >= 11 is 0. The second kappa shape index (κ2) is 12.4. The molecule has 3 aromatic rings. The molecule has 1 saturated heterocycles. The normalized spacial score (nSPS) is 17.3. The number of nitro groups is 1. The first-order chi connectivity index (χ1) is 19.2. The van der Waals surface area contributed by atoms with Crippen LogP contribution in [-0.2, 0) is 20.5 Å². The van der Waals surface area contributed by atoms with Crippen molar-refractivity contribution in [2.75, 3.05) is 13.2 Å². The molecule has 9 nitrogen and oxygen atoms in total. The lowest BCUT2D eigenvalue weighted by molar-refractivity contribution is -0.384. The van der Waals surface area contributed by atoms with E-state index in [1.807, 2.05) is 36.4 Å². The fourth-order valence-corrected chi connectivity index (χ4v) is 10.1. The Morgan fingerprint density at radius 2 is 1.60 bits per heavy atom. The number of benzene rings is 3. The summed E-state index contributed by atoms with van der Waals surface area (Å²) in [6.45, 7) is 7.07. The van der Waals surface area contributed by atoms with Crippen LogP contribution in [0.4, 0.5) is 10.5 Å². The fraction of sp³-hybridized carbons (Fsp3) is 0.333. The predicted molar refractivity (Wildman–Crippen MR) is 156 cm³/mol. The smallest absolute Gasteiger partial charge is 0.410 e.